The number of fused-ring (bicyclic) bond motifs is 1. The summed E-state index contributed by atoms with van der Waals surface area (Å²) in [4.78, 5) is 15.8. The predicted molar refractivity (Wildman–Crippen MR) is 107 cm³/mol. The third-order valence-electron chi connectivity index (χ3n) is 4.37. The van der Waals surface area contributed by atoms with Crippen LogP contribution in [0.3, 0.4) is 0 Å². The molecule has 0 atom stereocenters. The molecule has 1 aliphatic carbocycles. The van der Waals surface area contributed by atoms with E-state index >= 15 is 0 Å². The highest BCUT2D eigenvalue weighted by Gasteiger charge is 2.17. The highest BCUT2D eigenvalue weighted by molar-refractivity contribution is 5.79. The van der Waals surface area contributed by atoms with Gasteiger partial charge in [0.1, 0.15) is 11.4 Å². The lowest BCUT2D eigenvalue weighted by Crippen LogP contribution is -2.42. The van der Waals surface area contributed by atoms with E-state index in [0.29, 0.717) is 31.3 Å². The largest absolute Gasteiger partial charge is 0.508 e. The van der Waals surface area contributed by atoms with E-state index < -0.39 is 11.7 Å². The number of carbonyl (C=O) groups excluding carboxylic acids is 1. The molecule has 1 aliphatic rings. The first kappa shape index (κ1) is 20.9. The van der Waals surface area contributed by atoms with E-state index in [1.165, 1.54) is 17.5 Å². The Morgan fingerprint density at radius 2 is 1.85 bits per heavy atom. The Labute approximate surface area is 161 Å². The van der Waals surface area contributed by atoms with E-state index in [9.17, 15) is 9.90 Å². The highest BCUT2D eigenvalue weighted by atomic mass is 16.6. The molecule has 0 bridgehead atoms. The van der Waals surface area contributed by atoms with Gasteiger partial charge in [-0.25, -0.2) is 4.79 Å². The standard InChI is InChI=1S/C20H32N4O3/c1-20(2,3)27-19(26)23-12-11-22-18(21-4)24-13-16-15-8-6-5-7-14(15)9-10-17(16)25/h9-10,25H,5-8,11-13H2,1-4H3,(H,23,26)(H2,21,22,24). The maximum Gasteiger partial charge on any atom is 0.407 e. The minimum Gasteiger partial charge on any atom is -0.508 e. The molecule has 4 N–H and O–H groups in total. The highest BCUT2D eigenvalue weighted by Crippen LogP contribution is 2.30. The lowest BCUT2D eigenvalue weighted by Gasteiger charge is -2.21. The number of guanidine groups is 1. The predicted octanol–water partition coefficient (Wildman–Crippen LogP) is 2.46. The van der Waals surface area contributed by atoms with Gasteiger partial charge in [-0.1, -0.05) is 6.07 Å². The smallest absolute Gasteiger partial charge is 0.407 e. The molecule has 7 heteroatoms. The Kier molecular flexibility index (Phi) is 7.33. The van der Waals surface area contributed by atoms with E-state index in [4.69, 9.17) is 4.74 Å². The average Bonchev–Trinajstić information content (AvgIpc) is 2.61. The number of benzene rings is 1. The van der Waals surface area contributed by atoms with Gasteiger partial charge < -0.3 is 25.8 Å². The van der Waals surface area contributed by atoms with Gasteiger partial charge in [0.2, 0.25) is 0 Å². The SMILES string of the molecule is CN=C(NCCNC(=O)OC(C)(C)C)NCc1c(O)ccc2c1CCCC2. The summed E-state index contributed by atoms with van der Waals surface area (Å²) in [6.45, 7) is 6.92. The fourth-order valence-electron chi connectivity index (χ4n) is 3.14. The topological polar surface area (TPSA) is 95.0 Å². The molecule has 1 aromatic carbocycles. The fraction of sp³-hybridized carbons (Fsp3) is 0.600. The molecule has 0 aliphatic heterocycles. The van der Waals surface area contributed by atoms with Gasteiger partial charge >= 0.3 is 6.09 Å². The zero-order chi connectivity index (χ0) is 19.9. The van der Waals surface area contributed by atoms with E-state index in [2.05, 4.69) is 20.9 Å². The number of phenolic OH excluding ortho intramolecular Hbond substituents is 1. The van der Waals surface area contributed by atoms with Crippen molar-refractivity contribution < 1.29 is 14.6 Å². The van der Waals surface area contributed by atoms with Crippen molar-refractivity contribution in [2.75, 3.05) is 20.1 Å². The monoisotopic (exact) mass is 376 g/mol. The second kappa shape index (κ2) is 9.48. The first-order chi connectivity index (χ1) is 12.8. The number of phenols is 1. The summed E-state index contributed by atoms with van der Waals surface area (Å²) in [5.74, 6) is 0.944. The van der Waals surface area contributed by atoms with Gasteiger partial charge in [0.25, 0.3) is 0 Å². The number of nitrogens with zero attached hydrogens (tertiary/aromatic N) is 1. The molecule has 0 radical (unpaired) electrons. The molecule has 150 valence electrons. The third-order valence-corrected chi connectivity index (χ3v) is 4.37. The van der Waals surface area contributed by atoms with Crippen LogP contribution in [0.25, 0.3) is 0 Å². The first-order valence-electron chi connectivity index (χ1n) is 9.54. The van der Waals surface area contributed by atoms with Crippen molar-refractivity contribution >= 4 is 12.1 Å². The van der Waals surface area contributed by atoms with E-state index in [1.807, 2.05) is 26.8 Å². The maximum atomic E-state index is 11.6. The summed E-state index contributed by atoms with van der Waals surface area (Å²) in [5.41, 5.74) is 3.03. The number of amides is 1. The number of hydrogen-bond donors (Lipinski definition) is 4. The quantitative estimate of drug-likeness (QED) is 0.360. The van der Waals surface area contributed by atoms with Crippen molar-refractivity contribution in [2.24, 2.45) is 4.99 Å². The van der Waals surface area contributed by atoms with Crippen LogP contribution in [0.4, 0.5) is 4.79 Å². The summed E-state index contributed by atoms with van der Waals surface area (Å²) in [6, 6.07) is 3.81. The second-order valence-electron chi connectivity index (χ2n) is 7.69. The van der Waals surface area contributed by atoms with Crippen LogP contribution >= 0.6 is 0 Å². The minimum atomic E-state index is -0.508. The van der Waals surface area contributed by atoms with Crippen molar-refractivity contribution in [3.05, 3.63) is 28.8 Å². The molecule has 0 fully saturated rings. The number of ether oxygens (including phenoxy) is 1. The summed E-state index contributed by atoms with van der Waals surface area (Å²) in [6.07, 6.45) is 4.01. The van der Waals surface area contributed by atoms with Crippen LogP contribution < -0.4 is 16.0 Å². The van der Waals surface area contributed by atoms with Gasteiger partial charge in [-0.15, -0.1) is 0 Å². The van der Waals surface area contributed by atoms with Gasteiger partial charge in [0.05, 0.1) is 0 Å². The fourth-order valence-corrected chi connectivity index (χ4v) is 3.14. The molecule has 27 heavy (non-hydrogen) atoms. The van der Waals surface area contributed by atoms with Gasteiger partial charge in [-0.05, 0) is 63.6 Å². The van der Waals surface area contributed by atoms with Gasteiger partial charge in [0, 0.05) is 32.2 Å². The normalized spacial score (nSPS) is 14.3. The van der Waals surface area contributed by atoms with Gasteiger partial charge in [-0.3, -0.25) is 4.99 Å². The van der Waals surface area contributed by atoms with Crippen molar-refractivity contribution in [2.45, 2.75) is 58.6 Å². The zero-order valence-corrected chi connectivity index (χ0v) is 16.8. The van der Waals surface area contributed by atoms with E-state index in [0.717, 1.165) is 24.8 Å². The second-order valence-corrected chi connectivity index (χ2v) is 7.69. The molecular formula is C20H32N4O3. The Bertz CT molecular complexity index is 681. The van der Waals surface area contributed by atoms with Crippen molar-refractivity contribution in [3.63, 3.8) is 0 Å². The molecule has 0 heterocycles. The first-order valence-corrected chi connectivity index (χ1v) is 9.54. The number of aromatic hydroxyl groups is 1. The molecule has 1 amide bonds. The van der Waals surface area contributed by atoms with Crippen LogP contribution in [-0.4, -0.2) is 42.9 Å². The average molecular weight is 377 g/mol. The van der Waals surface area contributed by atoms with Crippen LogP contribution in [0.2, 0.25) is 0 Å². The number of nitrogens with one attached hydrogen (secondary N) is 3. The number of hydrogen-bond acceptors (Lipinski definition) is 4. The summed E-state index contributed by atoms with van der Waals surface area (Å²) < 4.78 is 5.19. The number of carbonyl (C=O) groups is 1. The van der Waals surface area contributed by atoms with Crippen LogP contribution in [0.1, 0.15) is 50.3 Å². The maximum absolute atomic E-state index is 11.6. The Morgan fingerprint density at radius 3 is 2.56 bits per heavy atom. The number of alkyl carbamates (subject to hydrolysis) is 1. The molecule has 0 unspecified atom stereocenters. The Hall–Kier alpha value is -2.44. The molecule has 2 rings (SSSR count). The van der Waals surface area contributed by atoms with Crippen LogP contribution in [-0.2, 0) is 24.1 Å². The lowest BCUT2D eigenvalue weighted by molar-refractivity contribution is 0.0529. The van der Waals surface area contributed by atoms with E-state index in [-0.39, 0.29) is 0 Å². The van der Waals surface area contributed by atoms with Crippen LogP contribution in [0.5, 0.6) is 5.75 Å². The van der Waals surface area contributed by atoms with Crippen LogP contribution in [0, 0.1) is 0 Å². The molecule has 0 saturated carbocycles. The minimum absolute atomic E-state index is 0.324. The zero-order valence-electron chi connectivity index (χ0n) is 16.8. The number of aryl methyl sites for hydroxylation is 1. The molecule has 0 aromatic heterocycles. The van der Waals surface area contributed by atoms with E-state index in [1.54, 1.807) is 13.1 Å². The van der Waals surface area contributed by atoms with Crippen molar-refractivity contribution in [1.29, 1.82) is 0 Å². The van der Waals surface area contributed by atoms with Gasteiger partial charge in [-0.2, -0.15) is 0 Å². The van der Waals surface area contributed by atoms with Crippen molar-refractivity contribution in [1.82, 2.24) is 16.0 Å². The summed E-state index contributed by atoms with van der Waals surface area (Å²) in [7, 11) is 1.69. The summed E-state index contributed by atoms with van der Waals surface area (Å²) in [5, 5.41) is 19.3. The molecular weight excluding hydrogens is 344 g/mol. The lowest BCUT2D eigenvalue weighted by atomic mass is 9.88. The molecule has 0 spiro atoms. The number of aliphatic imine (C=N–C) groups is 1. The Balaban J connectivity index is 1.81. The Morgan fingerprint density at radius 1 is 1.15 bits per heavy atom. The molecule has 1 aromatic rings. The van der Waals surface area contributed by atoms with Gasteiger partial charge in [0.15, 0.2) is 5.96 Å². The van der Waals surface area contributed by atoms with Crippen molar-refractivity contribution in [3.8, 4) is 5.75 Å². The summed E-state index contributed by atoms with van der Waals surface area (Å²) >= 11 is 0. The number of rotatable bonds is 5. The van der Waals surface area contributed by atoms with Crippen LogP contribution in [0.15, 0.2) is 17.1 Å². The third kappa shape index (κ3) is 6.66. The molecule has 0 saturated heterocycles. The molecule has 7 nitrogen and oxygen atoms in total.